The van der Waals surface area contributed by atoms with Gasteiger partial charge in [0.05, 0.1) is 25.4 Å². The molecule has 2 atom stereocenters. The molecular formula is C52H99NO5. The summed E-state index contributed by atoms with van der Waals surface area (Å²) in [5.41, 5.74) is 0. The number of allylic oxidation sites excluding steroid dienone is 3. The molecule has 0 aromatic carbocycles. The molecule has 0 saturated heterocycles. The predicted molar refractivity (Wildman–Crippen MR) is 250 cm³/mol. The zero-order valence-corrected chi connectivity index (χ0v) is 38.8. The van der Waals surface area contributed by atoms with Crippen molar-refractivity contribution < 1.29 is 24.5 Å². The third-order valence-corrected chi connectivity index (χ3v) is 11.7. The van der Waals surface area contributed by atoms with Crippen LogP contribution in [-0.4, -0.2) is 47.4 Å². The molecule has 0 bridgehead atoms. The van der Waals surface area contributed by atoms with Crippen LogP contribution in [-0.2, 0) is 14.3 Å². The minimum atomic E-state index is -0.853. The molecule has 1 amide bonds. The largest absolute Gasteiger partial charge is 0.466 e. The number of amides is 1. The van der Waals surface area contributed by atoms with Crippen molar-refractivity contribution in [3.63, 3.8) is 0 Å². The first kappa shape index (κ1) is 56.3. The summed E-state index contributed by atoms with van der Waals surface area (Å²) in [6, 6.07) is -0.638. The molecule has 6 heteroatoms. The molecule has 342 valence electrons. The molecule has 0 aliphatic heterocycles. The van der Waals surface area contributed by atoms with E-state index in [1.54, 1.807) is 6.08 Å². The Bertz CT molecular complexity index is 904. The molecule has 0 fully saturated rings. The van der Waals surface area contributed by atoms with E-state index in [1.807, 2.05) is 6.08 Å². The first-order valence-electron chi connectivity index (χ1n) is 25.6. The molecule has 3 N–H and O–H groups in total. The number of hydrogen-bond acceptors (Lipinski definition) is 5. The van der Waals surface area contributed by atoms with Gasteiger partial charge in [0, 0.05) is 12.8 Å². The van der Waals surface area contributed by atoms with Gasteiger partial charge in [0.1, 0.15) is 0 Å². The van der Waals surface area contributed by atoms with Gasteiger partial charge in [-0.05, 0) is 57.8 Å². The highest BCUT2D eigenvalue weighted by atomic mass is 16.5. The monoisotopic (exact) mass is 818 g/mol. The fraction of sp³-hybridized carbons (Fsp3) is 0.885. The summed E-state index contributed by atoms with van der Waals surface area (Å²) in [6.45, 7) is 4.87. The third kappa shape index (κ3) is 43.9. The Morgan fingerprint density at radius 1 is 0.466 bits per heavy atom. The Morgan fingerprint density at radius 2 is 0.810 bits per heavy atom. The van der Waals surface area contributed by atoms with E-state index in [0.29, 0.717) is 19.4 Å². The van der Waals surface area contributed by atoms with Crippen molar-refractivity contribution in [1.82, 2.24) is 5.32 Å². The molecular weight excluding hydrogens is 719 g/mol. The molecule has 0 heterocycles. The van der Waals surface area contributed by atoms with Gasteiger partial charge in [-0.2, -0.15) is 0 Å². The van der Waals surface area contributed by atoms with E-state index in [1.165, 1.54) is 180 Å². The molecule has 0 saturated carbocycles. The first-order chi connectivity index (χ1) is 28.5. The quantitative estimate of drug-likeness (QED) is 0.0323. The van der Waals surface area contributed by atoms with Crippen molar-refractivity contribution in [2.45, 2.75) is 283 Å². The molecule has 58 heavy (non-hydrogen) atoms. The second-order valence-electron chi connectivity index (χ2n) is 17.5. The predicted octanol–water partition coefficient (Wildman–Crippen LogP) is 15.1. The maximum atomic E-state index is 12.4. The van der Waals surface area contributed by atoms with Gasteiger partial charge in [0.2, 0.25) is 5.91 Å². The standard InChI is InChI=1S/C52H99NO5/c1-3-5-7-9-11-13-15-21-26-30-34-38-42-46-52(57)58-47-43-39-35-31-27-23-20-18-17-19-22-25-29-33-37-41-45-51(56)53-49(48-54)50(55)44-40-36-32-28-24-16-14-12-10-8-6-4-2/h17,19,40,44,49-50,54-55H,3-16,18,20-39,41-43,45-48H2,1-2H3,(H,53,56)/b19-17-,44-40+. The Labute approximate surface area is 361 Å². The molecule has 6 nitrogen and oxygen atoms in total. The number of aliphatic hydroxyl groups is 2. The van der Waals surface area contributed by atoms with Gasteiger partial charge < -0.3 is 20.3 Å². The lowest BCUT2D eigenvalue weighted by Gasteiger charge is -2.20. The van der Waals surface area contributed by atoms with E-state index in [4.69, 9.17) is 4.74 Å². The smallest absolute Gasteiger partial charge is 0.305 e. The molecule has 0 aromatic heterocycles. The van der Waals surface area contributed by atoms with Gasteiger partial charge in [-0.3, -0.25) is 9.59 Å². The Hall–Kier alpha value is -1.66. The average molecular weight is 818 g/mol. The third-order valence-electron chi connectivity index (χ3n) is 11.7. The summed E-state index contributed by atoms with van der Waals surface area (Å²) >= 11 is 0. The number of hydrogen-bond donors (Lipinski definition) is 3. The Kier molecular flexibility index (Phi) is 46.6. The van der Waals surface area contributed by atoms with Gasteiger partial charge in [-0.15, -0.1) is 0 Å². The van der Waals surface area contributed by atoms with E-state index in [-0.39, 0.29) is 18.5 Å². The van der Waals surface area contributed by atoms with Crippen LogP contribution in [0.5, 0.6) is 0 Å². The van der Waals surface area contributed by atoms with E-state index in [0.717, 1.165) is 64.2 Å². The van der Waals surface area contributed by atoms with Crippen molar-refractivity contribution in [2.75, 3.05) is 13.2 Å². The fourth-order valence-corrected chi connectivity index (χ4v) is 7.74. The van der Waals surface area contributed by atoms with Crippen LogP contribution in [0.15, 0.2) is 24.3 Å². The highest BCUT2D eigenvalue weighted by Crippen LogP contribution is 2.15. The minimum absolute atomic E-state index is 0.00282. The molecule has 0 rings (SSSR count). The minimum Gasteiger partial charge on any atom is -0.466 e. The number of nitrogens with one attached hydrogen (secondary N) is 1. The van der Waals surface area contributed by atoms with E-state index >= 15 is 0 Å². The van der Waals surface area contributed by atoms with Crippen LogP contribution in [0.1, 0.15) is 271 Å². The van der Waals surface area contributed by atoms with Crippen molar-refractivity contribution in [2.24, 2.45) is 0 Å². The van der Waals surface area contributed by atoms with Gasteiger partial charge in [0.15, 0.2) is 0 Å². The van der Waals surface area contributed by atoms with Gasteiger partial charge >= 0.3 is 5.97 Å². The lowest BCUT2D eigenvalue weighted by molar-refractivity contribution is -0.143. The van der Waals surface area contributed by atoms with Crippen molar-refractivity contribution >= 4 is 11.9 Å². The second-order valence-corrected chi connectivity index (χ2v) is 17.5. The van der Waals surface area contributed by atoms with Gasteiger partial charge in [0.25, 0.3) is 0 Å². The zero-order valence-electron chi connectivity index (χ0n) is 38.8. The summed E-state index contributed by atoms with van der Waals surface area (Å²) in [6.07, 6.45) is 56.0. The van der Waals surface area contributed by atoms with Crippen LogP contribution < -0.4 is 5.32 Å². The Balaban J connectivity index is 3.49. The average Bonchev–Trinajstić information content (AvgIpc) is 3.22. The zero-order chi connectivity index (χ0) is 42.3. The van der Waals surface area contributed by atoms with Gasteiger partial charge in [-0.25, -0.2) is 0 Å². The van der Waals surface area contributed by atoms with Gasteiger partial charge in [-0.1, -0.05) is 224 Å². The highest BCUT2D eigenvalue weighted by Gasteiger charge is 2.18. The number of unbranched alkanes of at least 4 members (excludes halogenated alkanes) is 34. The SMILES string of the molecule is CCCCCCCCCCCC/C=C/C(O)C(CO)NC(=O)CCCCCCC/C=C\CCCCCCCCCOC(=O)CCCCCCCCCCCCCCC. The van der Waals surface area contributed by atoms with Crippen molar-refractivity contribution in [3.8, 4) is 0 Å². The van der Waals surface area contributed by atoms with Crippen molar-refractivity contribution in [1.29, 1.82) is 0 Å². The maximum absolute atomic E-state index is 12.4. The van der Waals surface area contributed by atoms with E-state index in [2.05, 4.69) is 31.3 Å². The van der Waals surface area contributed by atoms with Crippen molar-refractivity contribution in [3.05, 3.63) is 24.3 Å². The van der Waals surface area contributed by atoms with Crippen LogP contribution in [0.2, 0.25) is 0 Å². The lowest BCUT2D eigenvalue weighted by Crippen LogP contribution is -2.45. The molecule has 0 radical (unpaired) electrons. The number of ether oxygens (including phenoxy) is 1. The second kappa shape index (κ2) is 48.0. The molecule has 0 aliphatic rings. The fourth-order valence-electron chi connectivity index (χ4n) is 7.74. The number of rotatable bonds is 47. The number of aliphatic hydroxyl groups excluding tert-OH is 2. The molecule has 2 unspecified atom stereocenters. The Morgan fingerprint density at radius 3 is 1.22 bits per heavy atom. The number of carbonyl (C=O) groups excluding carboxylic acids is 2. The first-order valence-corrected chi connectivity index (χ1v) is 25.6. The van der Waals surface area contributed by atoms with E-state index in [9.17, 15) is 19.8 Å². The molecule has 0 aliphatic carbocycles. The molecule has 0 spiro atoms. The van der Waals surface area contributed by atoms with Crippen LogP contribution >= 0.6 is 0 Å². The summed E-state index contributed by atoms with van der Waals surface area (Å²) < 4.78 is 5.46. The van der Waals surface area contributed by atoms with Crippen LogP contribution in [0, 0.1) is 0 Å². The van der Waals surface area contributed by atoms with Crippen LogP contribution in [0.3, 0.4) is 0 Å². The van der Waals surface area contributed by atoms with Crippen LogP contribution in [0.4, 0.5) is 0 Å². The highest BCUT2D eigenvalue weighted by molar-refractivity contribution is 5.76. The number of carbonyl (C=O) groups is 2. The number of esters is 1. The lowest BCUT2D eigenvalue weighted by atomic mass is 10.0. The maximum Gasteiger partial charge on any atom is 0.305 e. The summed E-state index contributed by atoms with van der Waals surface area (Å²) in [7, 11) is 0. The topological polar surface area (TPSA) is 95.9 Å². The summed E-state index contributed by atoms with van der Waals surface area (Å²) in [4.78, 5) is 24.4. The summed E-state index contributed by atoms with van der Waals surface area (Å²) in [5, 5.41) is 23.0. The van der Waals surface area contributed by atoms with E-state index < -0.39 is 12.1 Å². The molecule has 0 aromatic rings. The van der Waals surface area contributed by atoms with Crippen LogP contribution in [0.25, 0.3) is 0 Å². The summed E-state index contributed by atoms with van der Waals surface area (Å²) in [5.74, 6) is -0.0888. The normalized spacial score (nSPS) is 12.8.